The van der Waals surface area contributed by atoms with Gasteiger partial charge in [0.15, 0.2) is 17.6 Å². The van der Waals surface area contributed by atoms with Crippen LogP contribution in [0.25, 0.3) is 0 Å². The zero-order valence-electron chi connectivity index (χ0n) is 22.5. The summed E-state index contributed by atoms with van der Waals surface area (Å²) in [5.41, 5.74) is 2.22. The lowest BCUT2D eigenvalue weighted by Crippen LogP contribution is -2.61. The van der Waals surface area contributed by atoms with Crippen molar-refractivity contribution < 1.29 is 58.7 Å². The van der Waals surface area contributed by atoms with E-state index in [1.54, 1.807) is 12.1 Å². The standard InChI is InChI=1S/C28H34O12/c1-11(2)5-6-12-9-13(37-28-21(31)19(29)20(30)25(40-28)26(32)33)10-16-17(12)24-18(27(34)38-16)14-7-8-15(35-3)23(36-4)22(14)39-24/h7-11,18-21,24-25,27-31,34H,5-6H2,1-4H3,(H,32,33). The third-order valence-corrected chi connectivity index (χ3v) is 7.56. The van der Waals surface area contributed by atoms with E-state index in [0.717, 1.165) is 12.0 Å². The molecule has 12 nitrogen and oxygen atoms in total. The Balaban J connectivity index is 1.53. The molecule has 0 aromatic heterocycles. The van der Waals surface area contributed by atoms with Gasteiger partial charge < -0.3 is 54.0 Å². The summed E-state index contributed by atoms with van der Waals surface area (Å²) in [6.07, 6.45) is -9.30. The second kappa shape index (κ2) is 10.9. The number of hydrogen-bond donors (Lipinski definition) is 5. The first-order valence-electron chi connectivity index (χ1n) is 13.1. The van der Waals surface area contributed by atoms with Gasteiger partial charge in [0, 0.05) is 17.2 Å². The first-order chi connectivity index (χ1) is 19.0. The Hall–Kier alpha value is -3.29. The molecule has 1 fully saturated rings. The molecular weight excluding hydrogens is 528 g/mol. The Kier molecular flexibility index (Phi) is 7.73. The Labute approximate surface area is 230 Å². The largest absolute Gasteiger partial charge is 0.493 e. The van der Waals surface area contributed by atoms with Gasteiger partial charge in [0.05, 0.1) is 20.1 Å². The summed E-state index contributed by atoms with van der Waals surface area (Å²) >= 11 is 0. The fourth-order valence-electron chi connectivity index (χ4n) is 5.49. The highest BCUT2D eigenvalue weighted by Crippen LogP contribution is 2.58. The van der Waals surface area contributed by atoms with E-state index in [9.17, 15) is 30.3 Å². The number of ether oxygens (including phenoxy) is 6. The number of carbonyl (C=O) groups is 1. The van der Waals surface area contributed by atoms with E-state index in [2.05, 4.69) is 13.8 Å². The molecule has 12 heteroatoms. The minimum Gasteiger partial charge on any atom is -0.493 e. The monoisotopic (exact) mass is 562 g/mol. The minimum absolute atomic E-state index is 0.148. The van der Waals surface area contributed by atoms with E-state index in [-0.39, 0.29) is 11.5 Å². The molecule has 40 heavy (non-hydrogen) atoms. The predicted molar refractivity (Wildman–Crippen MR) is 137 cm³/mol. The van der Waals surface area contributed by atoms with Gasteiger partial charge in [-0.05, 0) is 36.5 Å². The Bertz CT molecular complexity index is 1260. The topological polar surface area (TPSA) is 174 Å². The minimum atomic E-state index is -1.84. The van der Waals surface area contributed by atoms with Crippen molar-refractivity contribution in [2.45, 2.75) is 75.7 Å². The molecule has 8 unspecified atom stereocenters. The van der Waals surface area contributed by atoms with Gasteiger partial charge in [0.25, 0.3) is 0 Å². The summed E-state index contributed by atoms with van der Waals surface area (Å²) in [5, 5.41) is 51.1. The van der Waals surface area contributed by atoms with Gasteiger partial charge in [0.1, 0.15) is 35.9 Å². The molecule has 8 atom stereocenters. The normalized spacial score (nSPS) is 30.4. The molecule has 2 aromatic carbocycles. The highest BCUT2D eigenvalue weighted by molar-refractivity contribution is 5.73. The number of aliphatic carboxylic acids is 1. The van der Waals surface area contributed by atoms with Crippen LogP contribution in [0.4, 0.5) is 0 Å². The van der Waals surface area contributed by atoms with Crippen molar-refractivity contribution in [2.75, 3.05) is 14.2 Å². The van der Waals surface area contributed by atoms with E-state index < -0.39 is 55.0 Å². The molecule has 3 aliphatic heterocycles. The second-order valence-electron chi connectivity index (χ2n) is 10.6. The van der Waals surface area contributed by atoms with Crippen molar-refractivity contribution in [3.8, 4) is 28.7 Å². The van der Waals surface area contributed by atoms with Gasteiger partial charge in [0.2, 0.25) is 18.3 Å². The summed E-state index contributed by atoms with van der Waals surface area (Å²) in [7, 11) is 3.03. The van der Waals surface area contributed by atoms with Gasteiger partial charge in [-0.1, -0.05) is 19.9 Å². The Morgan fingerprint density at radius 3 is 2.40 bits per heavy atom. The number of aliphatic hydroxyl groups excluding tert-OH is 4. The maximum Gasteiger partial charge on any atom is 0.335 e. The second-order valence-corrected chi connectivity index (χ2v) is 10.6. The Morgan fingerprint density at radius 2 is 1.75 bits per heavy atom. The molecule has 0 aliphatic carbocycles. The van der Waals surface area contributed by atoms with Gasteiger partial charge in [-0.25, -0.2) is 4.79 Å². The van der Waals surface area contributed by atoms with Crippen LogP contribution in [-0.2, 0) is 16.0 Å². The van der Waals surface area contributed by atoms with E-state index in [1.165, 1.54) is 20.3 Å². The van der Waals surface area contributed by atoms with E-state index >= 15 is 0 Å². The van der Waals surface area contributed by atoms with Gasteiger partial charge in [-0.3, -0.25) is 0 Å². The molecule has 0 bridgehead atoms. The molecular formula is C28H34O12. The molecule has 0 spiro atoms. The average Bonchev–Trinajstić information content (AvgIpc) is 3.31. The number of methoxy groups -OCH3 is 2. The van der Waals surface area contributed by atoms with Crippen molar-refractivity contribution in [1.29, 1.82) is 0 Å². The smallest absolute Gasteiger partial charge is 0.335 e. The van der Waals surface area contributed by atoms with Gasteiger partial charge in [-0.15, -0.1) is 0 Å². The summed E-state index contributed by atoms with van der Waals surface area (Å²) in [6.45, 7) is 4.17. The Morgan fingerprint density at radius 1 is 1.00 bits per heavy atom. The van der Waals surface area contributed by atoms with E-state index in [0.29, 0.717) is 40.7 Å². The quantitative estimate of drug-likeness (QED) is 0.314. The lowest BCUT2D eigenvalue weighted by Gasteiger charge is -2.39. The third-order valence-electron chi connectivity index (χ3n) is 7.56. The lowest BCUT2D eigenvalue weighted by molar-refractivity contribution is -0.271. The predicted octanol–water partition coefficient (Wildman–Crippen LogP) is 1.49. The number of hydrogen-bond acceptors (Lipinski definition) is 11. The van der Waals surface area contributed by atoms with Crippen LogP contribution in [0.15, 0.2) is 24.3 Å². The SMILES string of the molecule is COc1ccc2c(c1OC)OC1c3c(CCC(C)C)cc(OC4OC(C(=O)O)C(O)C(O)C4O)cc3OC(O)C21. The van der Waals surface area contributed by atoms with Crippen LogP contribution in [0.3, 0.4) is 0 Å². The number of carboxylic acid groups (broad SMARTS) is 1. The molecule has 0 radical (unpaired) electrons. The molecule has 1 saturated heterocycles. The molecule has 5 rings (SSSR count). The molecule has 218 valence electrons. The van der Waals surface area contributed by atoms with Crippen LogP contribution in [0.1, 0.15) is 49.0 Å². The molecule has 3 aliphatic rings. The van der Waals surface area contributed by atoms with Crippen molar-refractivity contribution in [3.63, 3.8) is 0 Å². The number of carboxylic acids is 1. The average molecular weight is 563 g/mol. The number of fused-ring (bicyclic) bond motifs is 5. The number of rotatable bonds is 8. The van der Waals surface area contributed by atoms with Crippen LogP contribution < -0.4 is 23.7 Å². The number of aryl methyl sites for hydroxylation is 1. The highest BCUT2D eigenvalue weighted by atomic mass is 16.7. The number of aliphatic hydroxyl groups is 4. The first-order valence-corrected chi connectivity index (χ1v) is 13.1. The molecule has 0 amide bonds. The summed E-state index contributed by atoms with van der Waals surface area (Å²) in [5.74, 6) is 0.0588. The van der Waals surface area contributed by atoms with Crippen LogP contribution in [0.2, 0.25) is 0 Å². The first kappa shape index (κ1) is 28.2. The summed E-state index contributed by atoms with van der Waals surface area (Å²) in [6, 6.07) is 6.76. The maximum absolute atomic E-state index is 11.5. The van der Waals surface area contributed by atoms with Crippen molar-refractivity contribution in [2.24, 2.45) is 5.92 Å². The molecule has 5 N–H and O–H groups in total. The number of benzene rings is 2. The van der Waals surface area contributed by atoms with Crippen LogP contribution in [0.5, 0.6) is 28.7 Å². The zero-order chi connectivity index (χ0) is 28.9. The lowest BCUT2D eigenvalue weighted by atomic mass is 9.84. The maximum atomic E-state index is 11.5. The van der Waals surface area contributed by atoms with E-state index in [1.807, 2.05) is 6.07 Å². The van der Waals surface area contributed by atoms with Crippen LogP contribution in [0, 0.1) is 5.92 Å². The fraction of sp³-hybridized carbons (Fsp3) is 0.536. The zero-order valence-corrected chi connectivity index (χ0v) is 22.5. The molecule has 2 aromatic rings. The van der Waals surface area contributed by atoms with Crippen molar-refractivity contribution in [1.82, 2.24) is 0 Å². The van der Waals surface area contributed by atoms with Crippen LogP contribution in [-0.4, -0.2) is 82.7 Å². The summed E-state index contributed by atoms with van der Waals surface area (Å²) < 4.78 is 34.5. The molecule has 3 heterocycles. The van der Waals surface area contributed by atoms with Crippen molar-refractivity contribution >= 4 is 5.97 Å². The van der Waals surface area contributed by atoms with Gasteiger partial charge >= 0.3 is 5.97 Å². The fourth-order valence-corrected chi connectivity index (χ4v) is 5.49. The van der Waals surface area contributed by atoms with Crippen molar-refractivity contribution in [3.05, 3.63) is 41.0 Å². The molecule has 0 saturated carbocycles. The third kappa shape index (κ3) is 4.79. The van der Waals surface area contributed by atoms with Crippen LogP contribution >= 0.6 is 0 Å². The van der Waals surface area contributed by atoms with Gasteiger partial charge in [-0.2, -0.15) is 0 Å². The summed E-state index contributed by atoms with van der Waals surface area (Å²) in [4.78, 5) is 11.5. The highest BCUT2D eigenvalue weighted by Gasteiger charge is 2.50. The van der Waals surface area contributed by atoms with E-state index in [4.69, 9.17) is 28.4 Å².